The van der Waals surface area contributed by atoms with E-state index in [1.165, 1.54) is 22.8 Å². The van der Waals surface area contributed by atoms with Gasteiger partial charge >= 0.3 is 5.97 Å². The van der Waals surface area contributed by atoms with E-state index in [0.29, 0.717) is 24.2 Å². The molecule has 1 atom stereocenters. The van der Waals surface area contributed by atoms with Crippen LogP contribution in [0.1, 0.15) is 86.0 Å². The summed E-state index contributed by atoms with van der Waals surface area (Å²) < 4.78 is 4.69. The van der Waals surface area contributed by atoms with E-state index in [1.54, 1.807) is 0 Å². The minimum absolute atomic E-state index is 0.135. The highest BCUT2D eigenvalue weighted by atomic mass is 16.6. The van der Waals surface area contributed by atoms with Crippen molar-refractivity contribution in [2.24, 2.45) is 5.41 Å². The smallest absolute Gasteiger partial charge is 0.333 e. The van der Waals surface area contributed by atoms with Crippen molar-refractivity contribution < 1.29 is 19.4 Å². The van der Waals surface area contributed by atoms with Gasteiger partial charge in [0.05, 0.1) is 0 Å². The van der Waals surface area contributed by atoms with Crippen molar-refractivity contribution in [2.75, 3.05) is 0 Å². The van der Waals surface area contributed by atoms with Crippen molar-refractivity contribution in [1.82, 2.24) is 0 Å². The second-order valence-corrected chi connectivity index (χ2v) is 9.10. The van der Waals surface area contributed by atoms with Crippen LogP contribution < -0.4 is 0 Å². The lowest BCUT2D eigenvalue weighted by Gasteiger charge is -2.34. The van der Waals surface area contributed by atoms with Gasteiger partial charge in [0.25, 0.3) is 0 Å². The predicted molar refractivity (Wildman–Crippen MR) is 116 cm³/mol. The van der Waals surface area contributed by atoms with Crippen molar-refractivity contribution in [3.63, 3.8) is 0 Å². The first-order valence-corrected chi connectivity index (χ1v) is 10.7. The fraction of sp³-hybridized carbons (Fsp3) is 0.600. The number of rotatable bonds is 9. The van der Waals surface area contributed by atoms with Gasteiger partial charge in [-0.25, -0.2) is 4.79 Å². The van der Waals surface area contributed by atoms with E-state index in [9.17, 15) is 14.7 Å². The van der Waals surface area contributed by atoms with E-state index in [0.717, 1.165) is 44.1 Å². The zero-order chi connectivity index (χ0) is 21.6. The molecular formula is C25H36O4. The van der Waals surface area contributed by atoms with Crippen LogP contribution in [0.4, 0.5) is 0 Å². The van der Waals surface area contributed by atoms with Crippen LogP contribution in [-0.4, -0.2) is 23.1 Å². The highest BCUT2D eigenvalue weighted by molar-refractivity contribution is 5.96. The number of Topliss-reactive ketones (excluding diaryl/α,β-unsaturated/α-hetero) is 1. The monoisotopic (exact) mass is 400 g/mol. The van der Waals surface area contributed by atoms with Gasteiger partial charge in [-0.05, 0) is 76.7 Å². The van der Waals surface area contributed by atoms with Crippen molar-refractivity contribution >= 4 is 11.8 Å². The fourth-order valence-electron chi connectivity index (χ4n) is 4.16. The standard InChI is InChI=1S/C25H36O4/c1-17(10-7-11-20-16-23(27)29-24(20)28)8-6-9-18(2)12-13-21-19(3)22(26)14-15-25(21,4)5/h9-10,16,24,28H,6-8,11-15H2,1-5H3/b17-10+,18-9+/t24-/m0/s1. The number of aliphatic hydroxyl groups is 1. The van der Waals surface area contributed by atoms with Crippen LogP contribution >= 0.6 is 0 Å². The summed E-state index contributed by atoms with van der Waals surface area (Å²) in [6, 6.07) is 0. The van der Waals surface area contributed by atoms with Crippen LogP contribution in [0.5, 0.6) is 0 Å². The Kier molecular flexibility index (Phi) is 8.21. The van der Waals surface area contributed by atoms with Crippen molar-refractivity contribution in [3.8, 4) is 0 Å². The average Bonchev–Trinajstić information content (AvgIpc) is 2.95. The number of carbonyl (C=O) groups excluding carboxylic acids is 2. The molecule has 1 N–H and O–H groups in total. The van der Waals surface area contributed by atoms with Gasteiger partial charge in [-0.2, -0.15) is 0 Å². The fourth-order valence-corrected chi connectivity index (χ4v) is 4.16. The van der Waals surface area contributed by atoms with E-state index in [4.69, 9.17) is 0 Å². The molecule has 0 bridgehead atoms. The Hall–Kier alpha value is -1.94. The molecule has 4 nitrogen and oxygen atoms in total. The Bertz CT molecular complexity index is 762. The molecule has 160 valence electrons. The van der Waals surface area contributed by atoms with E-state index < -0.39 is 12.3 Å². The SMILES string of the molecule is CC1=C(CC/C(C)=C/CC/C(C)=C/CCC2=CC(=O)O[C@@H]2O)C(C)(C)CCC1=O. The number of aliphatic hydroxyl groups excluding tert-OH is 1. The molecule has 0 aromatic rings. The van der Waals surface area contributed by atoms with E-state index >= 15 is 0 Å². The number of ether oxygens (including phenoxy) is 1. The summed E-state index contributed by atoms with van der Waals surface area (Å²) in [6.07, 6.45) is 11.9. The molecule has 2 aliphatic rings. The number of carbonyl (C=O) groups is 2. The van der Waals surface area contributed by atoms with E-state index in [1.807, 2.05) is 6.92 Å². The predicted octanol–water partition coefficient (Wildman–Crippen LogP) is 5.73. The quantitative estimate of drug-likeness (QED) is 0.397. The summed E-state index contributed by atoms with van der Waals surface area (Å²) in [6.45, 7) is 10.8. The third-order valence-electron chi connectivity index (χ3n) is 6.24. The molecule has 1 aliphatic heterocycles. The Morgan fingerprint density at radius 2 is 1.79 bits per heavy atom. The zero-order valence-electron chi connectivity index (χ0n) is 18.6. The van der Waals surface area contributed by atoms with Crippen LogP contribution in [-0.2, 0) is 14.3 Å². The Balaban J connectivity index is 1.76. The summed E-state index contributed by atoms with van der Waals surface area (Å²) in [7, 11) is 0. The van der Waals surface area contributed by atoms with Crippen molar-refractivity contribution in [3.05, 3.63) is 46.1 Å². The molecule has 0 saturated carbocycles. The Morgan fingerprint density at radius 3 is 2.45 bits per heavy atom. The Labute approximate surface area is 175 Å². The normalized spacial score (nSPS) is 22.8. The number of cyclic esters (lactones) is 1. The number of esters is 1. The number of hydrogen-bond donors (Lipinski definition) is 1. The average molecular weight is 401 g/mol. The van der Waals surface area contributed by atoms with E-state index in [-0.39, 0.29) is 5.41 Å². The molecule has 1 heterocycles. The lowest BCUT2D eigenvalue weighted by Crippen LogP contribution is -2.25. The summed E-state index contributed by atoms with van der Waals surface area (Å²) in [5.74, 6) is -0.140. The highest BCUT2D eigenvalue weighted by Gasteiger charge is 2.31. The minimum Gasteiger partial charge on any atom is -0.429 e. The molecule has 0 radical (unpaired) electrons. The summed E-state index contributed by atoms with van der Waals surface area (Å²) in [5, 5.41) is 9.57. The molecule has 29 heavy (non-hydrogen) atoms. The summed E-state index contributed by atoms with van der Waals surface area (Å²) in [4.78, 5) is 23.2. The van der Waals surface area contributed by atoms with Gasteiger partial charge in [-0.1, -0.05) is 42.7 Å². The molecule has 1 aliphatic carbocycles. The molecule has 0 saturated heterocycles. The van der Waals surface area contributed by atoms with Crippen LogP contribution in [0.25, 0.3) is 0 Å². The lowest BCUT2D eigenvalue weighted by atomic mass is 9.70. The third-order valence-corrected chi connectivity index (χ3v) is 6.24. The first-order valence-electron chi connectivity index (χ1n) is 10.7. The number of ketones is 1. The van der Waals surface area contributed by atoms with Gasteiger partial charge in [0.15, 0.2) is 5.78 Å². The number of allylic oxidation sites excluding steroid dienone is 6. The van der Waals surface area contributed by atoms with Crippen molar-refractivity contribution in [2.45, 2.75) is 92.3 Å². The molecular weight excluding hydrogens is 364 g/mol. The van der Waals surface area contributed by atoms with Crippen LogP contribution in [0.2, 0.25) is 0 Å². The van der Waals surface area contributed by atoms with Crippen LogP contribution in [0, 0.1) is 5.41 Å². The third kappa shape index (κ3) is 6.81. The number of hydrogen-bond acceptors (Lipinski definition) is 4. The maximum Gasteiger partial charge on any atom is 0.333 e. The van der Waals surface area contributed by atoms with Gasteiger partial charge in [-0.15, -0.1) is 0 Å². The molecule has 0 spiro atoms. The molecule has 4 heteroatoms. The molecule has 0 aromatic carbocycles. The Morgan fingerprint density at radius 1 is 1.14 bits per heavy atom. The lowest BCUT2D eigenvalue weighted by molar-refractivity contribution is -0.151. The maximum atomic E-state index is 12.1. The van der Waals surface area contributed by atoms with E-state index in [2.05, 4.69) is 44.6 Å². The van der Waals surface area contributed by atoms with Gasteiger partial charge in [0.1, 0.15) is 0 Å². The van der Waals surface area contributed by atoms with Gasteiger partial charge in [0.2, 0.25) is 6.29 Å². The highest BCUT2D eigenvalue weighted by Crippen LogP contribution is 2.41. The summed E-state index contributed by atoms with van der Waals surface area (Å²) in [5.41, 5.74) is 5.80. The first-order chi connectivity index (χ1) is 13.6. The molecule has 2 rings (SSSR count). The largest absolute Gasteiger partial charge is 0.429 e. The van der Waals surface area contributed by atoms with Gasteiger partial charge < -0.3 is 9.84 Å². The molecule has 0 aromatic heterocycles. The summed E-state index contributed by atoms with van der Waals surface area (Å²) >= 11 is 0. The molecule has 0 unspecified atom stereocenters. The maximum absolute atomic E-state index is 12.1. The van der Waals surface area contributed by atoms with Crippen LogP contribution in [0.3, 0.4) is 0 Å². The first kappa shape index (κ1) is 23.3. The second kappa shape index (κ2) is 10.2. The van der Waals surface area contributed by atoms with Crippen molar-refractivity contribution in [1.29, 1.82) is 0 Å². The second-order valence-electron chi connectivity index (χ2n) is 9.10. The molecule has 0 amide bonds. The zero-order valence-corrected chi connectivity index (χ0v) is 18.6. The topological polar surface area (TPSA) is 63.6 Å². The van der Waals surface area contributed by atoms with Crippen LogP contribution in [0.15, 0.2) is 46.1 Å². The van der Waals surface area contributed by atoms with Gasteiger partial charge in [0, 0.05) is 18.1 Å². The van der Waals surface area contributed by atoms with Gasteiger partial charge in [-0.3, -0.25) is 4.79 Å². The minimum atomic E-state index is -1.06. The molecule has 0 fully saturated rings.